The maximum absolute atomic E-state index is 10.7. The Morgan fingerprint density at radius 1 is 1.56 bits per heavy atom. The standard InChI is InChI=1S/C12H15NO3/c1-16-8-9-2-3-11-10(6-9)4-5-13(11)7-12(14)15/h2-3,6H,4-5,7-8H2,1H3,(H,14,15). The molecule has 0 atom stereocenters. The van der Waals surface area contributed by atoms with Crippen LogP contribution in [0.2, 0.25) is 0 Å². The zero-order valence-corrected chi connectivity index (χ0v) is 9.27. The first-order valence-electron chi connectivity index (χ1n) is 5.28. The molecule has 0 unspecified atom stereocenters. The number of nitrogens with zero attached hydrogens (tertiary/aromatic N) is 1. The Kier molecular flexibility index (Phi) is 3.10. The van der Waals surface area contributed by atoms with Crippen LogP contribution in [0, 0.1) is 0 Å². The third kappa shape index (κ3) is 2.17. The summed E-state index contributed by atoms with van der Waals surface area (Å²) >= 11 is 0. The molecule has 0 aliphatic carbocycles. The first-order valence-corrected chi connectivity index (χ1v) is 5.28. The van der Waals surface area contributed by atoms with Crippen molar-refractivity contribution in [3.8, 4) is 0 Å². The van der Waals surface area contributed by atoms with Gasteiger partial charge in [-0.1, -0.05) is 12.1 Å². The maximum Gasteiger partial charge on any atom is 0.323 e. The van der Waals surface area contributed by atoms with Crippen molar-refractivity contribution in [3.05, 3.63) is 29.3 Å². The van der Waals surface area contributed by atoms with Crippen LogP contribution < -0.4 is 4.90 Å². The third-order valence-electron chi connectivity index (χ3n) is 2.77. The van der Waals surface area contributed by atoms with E-state index >= 15 is 0 Å². The van der Waals surface area contributed by atoms with Crippen LogP contribution in [0.4, 0.5) is 5.69 Å². The minimum atomic E-state index is -0.784. The van der Waals surface area contributed by atoms with Gasteiger partial charge in [-0.3, -0.25) is 4.79 Å². The van der Waals surface area contributed by atoms with E-state index in [-0.39, 0.29) is 6.54 Å². The second-order valence-corrected chi connectivity index (χ2v) is 3.96. The van der Waals surface area contributed by atoms with E-state index in [4.69, 9.17) is 9.84 Å². The predicted octanol–water partition coefficient (Wildman–Crippen LogP) is 1.28. The average Bonchev–Trinajstić information content (AvgIpc) is 2.61. The van der Waals surface area contributed by atoms with Gasteiger partial charge in [0.25, 0.3) is 0 Å². The van der Waals surface area contributed by atoms with E-state index < -0.39 is 5.97 Å². The highest BCUT2D eigenvalue weighted by molar-refractivity contribution is 5.75. The van der Waals surface area contributed by atoms with E-state index in [1.54, 1.807) is 7.11 Å². The number of methoxy groups -OCH3 is 1. The summed E-state index contributed by atoms with van der Waals surface area (Å²) in [6, 6.07) is 6.07. The van der Waals surface area contributed by atoms with E-state index in [2.05, 4.69) is 6.07 Å². The van der Waals surface area contributed by atoms with Crippen molar-refractivity contribution in [2.24, 2.45) is 0 Å². The van der Waals surface area contributed by atoms with Gasteiger partial charge in [-0.05, 0) is 23.6 Å². The summed E-state index contributed by atoms with van der Waals surface area (Å²) < 4.78 is 5.07. The molecule has 0 saturated carbocycles. The summed E-state index contributed by atoms with van der Waals surface area (Å²) in [5.74, 6) is -0.784. The van der Waals surface area contributed by atoms with Crippen molar-refractivity contribution in [2.75, 3.05) is 25.1 Å². The molecule has 1 aliphatic rings. The molecule has 86 valence electrons. The Morgan fingerprint density at radius 2 is 2.38 bits per heavy atom. The van der Waals surface area contributed by atoms with Crippen LogP contribution in [0.1, 0.15) is 11.1 Å². The van der Waals surface area contributed by atoms with E-state index in [0.29, 0.717) is 6.61 Å². The van der Waals surface area contributed by atoms with Gasteiger partial charge < -0.3 is 14.7 Å². The molecule has 0 saturated heterocycles. The zero-order chi connectivity index (χ0) is 11.5. The lowest BCUT2D eigenvalue weighted by Crippen LogP contribution is -2.27. The van der Waals surface area contributed by atoms with Crippen molar-refractivity contribution < 1.29 is 14.6 Å². The van der Waals surface area contributed by atoms with Crippen molar-refractivity contribution in [3.63, 3.8) is 0 Å². The quantitative estimate of drug-likeness (QED) is 0.832. The first kappa shape index (κ1) is 11.0. The number of hydrogen-bond donors (Lipinski definition) is 1. The molecule has 1 N–H and O–H groups in total. The zero-order valence-electron chi connectivity index (χ0n) is 9.27. The Labute approximate surface area is 94.4 Å². The topological polar surface area (TPSA) is 49.8 Å². The summed E-state index contributed by atoms with van der Waals surface area (Å²) in [6.07, 6.45) is 0.917. The third-order valence-corrected chi connectivity index (χ3v) is 2.77. The van der Waals surface area contributed by atoms with Crippen LogP contribution in [-0.2, 0) is 22.6 Å². The molecule has 0 bridgehead atoms. The number of aliphatic carboxylic acids is 1. The molecule has 0 fully saturated rings. The number of ether oxygens (including phenoxy) is 1. The smallest absolute Gasteiger partial charge is 0.323 e. The maximum atomic E-state index is 10.7. The minimum Gasteiger partial charge on any atom is -0.480 e. The summed E-state index contributed by atoms with van der Waals surface area (Å²) in [4.78, 5) is 12.6. The second kappa shape index (κ2) is 4.53. The van der Waals surface area contributed by atoms with Crippen molar-refractivity contribution in [1.82, 2.24) is 0 Å². The normalized spacial score (nSPS) is 13.9. The van der Waals surface area contributed by atoms with Crippen LogP contribution in [-0.4, -0.2) is 31.3 Å². The van der Waals surface area contributed by atoms with Crippen molar-refractivity contribution in [2.45, 2.75) is 13.0 Å². The number of anilines is 1. The van der Waals surface area contributed by atoms with Crippen molar-refractivity contribution >= 4 is 11.7 Å². The lowest BCUT2D eigenvalue weighted by Gasteiger charge is -2.16. The van der Waals surface area contributed by atoms with Crippen molar-refractivity contribution in [1.29, 1.82) is 0 Å². The van der Waals surface area contributed by atoms with Gasteiger partial charge in [0, 0.05) is 19.3 Å². The molecule has 0 spiro atoms. The molecule has 1 aliphatic heterocycles. The second-order valence-electron chi connectivity index (χ2n) is 3.96. The molecule has 1 aromatic carbocycles. The highest BCUT2D eigenvalue weighted by Gasteiger charge is 2.20. The molecule has 2 rings (SSSR count). The average molecular weight is 221 g/mol. The number of carboxylic acid groups (broad SMARTS) is 1. The highest BCUT2D eigenvalue weighted by Crippen LogP contribution is 2.28. The molecular formula is C12H15NO3. The number of hydrogen-bond acceptors (Lipinski definition) is 3. The Balaban J connectivity index is 2.18. The molecule has 4 nitrogen and oxygen atoms in total. The van der Waals surface area contributed by atoms with E-state index in [0.717, 1.165) is 24.2 Å². The first-order chi connectivity index (χ1) is 7.70. The summed E-state index contributed by atoms with van der Waals surface area (Å²) in [5, 5.41) is 8.78. The van der Waals surface area contributed by atoms with Gasteiger partial charge in [0.05, 0.1) is 6.61 Å². The van der Waals surface area contributed by atoms with E-state index in [1.165, 1.54) is 5.56 Å². The van der Waals surface area contributed by atoms with Gasteiger partial charge in [0.15, 0.2) is 0 Å². The molecule has 0 radical (unpaired) electrons. The number of carboxylic acids is 1. The van der Waals surface area contributed by atoms with E-state index in [9.17, 15) is 4.79 Å². The largest absolute Gasteiger partial charge is 0.480 e. The van der Waals surface area contributed by atoms with Crippen LogP contribution in [0.3, 0.4) is 0 Å². The van der Waals surface area contributed by atoms with Crippen LogP contribution in [0.5, 0.6) is 0 Å². The van der Waals surface area contributed by atoms with Crippen LogP contribution >= 0.6 is 0 Å². The van der Waals surface area contributed by atoms with Crippen LogP contribution in [0.15, 0.2) is 18.2 Å². The fraction of sp³-hybridized carbons (Fsp3) is 0.417. The molecule has 16 heavy (non-hydrogen) atoms. The van der Waals surface area contributed by atoms with E-state index in [1.807, 2.05) is 17.0 Å². The van der Waals surface area contributed by atoms with Gasteiger partial charge in [0.1, 0.15) is 6.54 Å². The Morgan fingerprint density at radius 3 is 3.06 bits per heavy atom. The molecule has 4 heteroatoms. The monoisotopic (exact) mass is 221 g/mol. The number of rotatable bonds is 4. The van der Waals surface area contributed by atoms with Crippen LogP contribution in [0.25, 0.3) is 0 Å². The molecule has 1 heterocycles. The predicted molar refractivity (Wildman–Crippen MR) is 60.7 cm³/mol. The Hall–Kier alpha value is -1.55. The Bertz CT molecular complexity index is 403. The molecular weight excluding hydrogens is 206 g/mol. The molecule has 0 aromatic heterocycles. The minimum absolute atomic E-state index is 0.0800. The van der Waals surface area contributed by atoms with Gasteiger partial charge >= 0.3 is 5.97 Å². The number of benzene rings is 1. The SMILES string of the molecule is COCc1ccc2c(c1)CCN2CC(=O)O. The summed E-state index contributed by atoms with van der Waals surface area (Å²) in [5.41, 5.74) is 3.40. The number of fused-ring (bicyclic) bond motifs is 1. The highest BCUT2D eigenvalue weighted by atomic mass is 16.5. The van der Waals surface area contributed by atoms with Gasteiger partial charge in [0.2, 0.25) is 0 Å². The summed E-state index contributed by atoms with van der Waals surface area (Å²) in [7, 11) is 1.67. The lowest BCUT2D eigenvalue weighted by molar-refractivity contribution is -0.135. The number of carbonyl (C=O) groups is 1. The van der Waals surface area contributed by atoms with Gasteiger partial charge in [-0.2, -0.15) is 0 Å². The molecule has 0 amide bonds. The van der Waals surface area contributed by atoms with Gasteiger partial charge in [-0.25, -0.2) is 0 Å². The fourth-order valence-electron chi connectivity index (χ4n) is 2.11. The summed E-state index contributed by atoms with van der Waals surface area (Å²) in [6.45, 7) is 1.47. The van der Waals surface area contributed by atoms with Gasteiger partial charge in [-0.15, -0.1) is 0 Å². The fourth-order valence-corrected chi connectivity index (χ4v) is 2.11. The molecule has 1 aromatic rings. The lowest BCUT2D eigenvalue weighted by atomic mass is 10.1.